The highest BCUT2D eigenvalue weighted by molar-refractivity contribution is 6.30. The first kappa shape index (κ1) is 23.1. The molecule has 2 saturated heterocycles. The maximum atomic E-state index is 12.0. The molecule has 0 atom stereocenters. The normalized spacial score (nSPS) is 18.2. The molecule has 0 unspecified atom stereocenters. The van der Waals surface area contributed by atoms with Gasteiger partial charge in [-0.05, 0) is 37.1 Å². The van der Waals surface area contributed by atoms with Gasteiger partial charge in [-0.3, -0.25) is 10.1 Å². The van der Waals surface area contributed by atoms with Crippen LogP contribution in [0.5, 0.6) is 0 Å². The van der Waals surface area contributed by atoms with Gasteiger partial charge in [-0.15, -0.1) is 0 Å². The number of halogens is 1. The smallest absolute Gasteiger partial charge is 0.326 e. The maximum Gasteiger partial charge on any atom is 0.326 e. The lowest BCUT2D eigenvalue weighted by Crippen LogP contribution is -2.40. The van der Waals surface area contributed by atoms with Crippen molar-refractivity contribution in [1.82, 2.24) is 30.1 Å². The predicted molar refractivity (Wildman–Crippen MR) is 133 cm³/mol. The van der Waals surface area contributed by atoms with Gasteiger partial charge >= 0.3 is 6.03 Å². The van der Waals surface area contributed by atoms with E-state index in [0.717, 1.165) is 37.4 Å². The first-order chi connectivity index (χ1) is 17.0. The molecule has 5 N–H and O–H groups in total. The van der Waals surface area contributed by atoms with Crippen LogP contribution in [0.4, 0.5) is 22.1 Å². The lowest BCUT2D eigenvalue weighted by molar-refractivity contribution is -0.115. The summed E-state index contributed by atoms with van der Waals surface area (Å²) in [5.74, 6) is 0.806. The van der Waals surface area contributed by atoms with E-state index in [-0.39, 0.29) is 18.3 Å². The number of hydrogen-bond donors (Lipinski definition) is 5. The van der Waals surface area contributed by atoms with Crippen molar-refractivity contribution in [1.29, 1.82) is 0 Å². The minimum absolute atomic E-state index is 0.130. The molecule has 3 aromatic rings. The SMILES string of the molecule is O=C1NC(=O)/C(=C\c2cnn3c(NC4CCN(CCO)CC4)cc(Nc4cccc(Cl)c4)nc23)N1. The van der Waals surface area contributed by atoms with Crippen molar-refractivity contribution in [2.24, 2.45) is 0 Å². The topological polar surface area (TPSA) is 136 Å². The molecular formula is C23H25ClN8O3. The highest BCUT2D eigenvalue weighted by Gasteiger charge is 2.24. The zero-order valence-corrected chi connectivity index (χ0v) is 19.5. The summed E-state index contributed by atoms with van der Waals surface area (Å²) < 4.78 is 1.68. The van der Waals surface area contributed by atoms with E-state index < -0.39 is 11.9 Å². The standard InChI is InChI=1S/C23H25ClN8O3/c24-15-2-1-3-17(11-15)26-19-12-20(27-16-4-6-31(7-5-16)8-9-33)32-21(29-19)14(13-25-32)10-18-22(34)30-23(35)28-18/h1-3,10-13,16,27,33H,4-9H2,(H,26,29)(H2,28,30,34,35)/b18-10+. The molecule has 12 heteroatoms. The van der Waals surface area contributed by atoms with Crippen LogP contribution in [0, 0.1) is 0 Å². The molecule has 0 saturated carbocycles. The van der Waals surface area contributed by atoms with Gasteiger partial charge in [-0.25, -0.2) is 9.78 Å². The molecular weight excluding hydrogens is 472 g/mol. The van der Waals surface area contributed by atoms with Crippen LogP contribution in [0.15, 0.2) is 42.2 Å². The van der Waals surface area contributed by atoms with E-state index in [1.165, 1.54) is 0 Å². The largest absolute Gasteiger partial charge is 0.395 e. The maximum absolute atomic E-state index is 12.0. The molecule has 0 aliphatic carbocycles. The van der Waals surface area contributed by atoms with Gasteiger partial charge in [0.25, 0.3) is 5.91 Å². The second-order valence-corrected chi connectivity index (χ2v) is 8.88. The third-order valence-electron chi connectivity index (χ3n) is 5.97. The summed E-state index contributed by atoms with van der Waals surface area (Å²) in [6, 6.07) is 8.86. The summed E-state index contributed by atoms with van der Waals surface area (Å²) in [5.41, 5.74) is 2.00. The molecule has 4 heterocycles. The Balaban J connectivity index is 1.48. The van der Waals surface area contributed by atoms with E-state index in [9.17, 15) is 14.7 Å². The number of carbonyl (C=O) groups excluding carboxylic acids is 2. The van der Waals surface area contributed by atoms with Crippen LogP contribution >= 0.6 is 11.6 Å². The Morgan fingerprint density at radius 3 is 2.74 bits per heavy atom. The van der Waals surface area contributed by atoms with Crippen LogP contribution in [0.2, 0.25) is 5.02 Å². The Morgan fingerprint density at radius 1 is 1.20 bits per heavy atom. The Morgan fingerprint density at radius 2 is 2.03 bits per heavy atom. The van der Waals surface area contributed by atoms with Gasteiger partial charge in [0.15, 0.2) is 5.65 Å². The molecule has 2 aromatic heterocycles. The number of hydrogen-bond acceptors (Lipinski definition) is 8. The molecule has 2 aliphatic rings. The van der Waals surface area contributed by atoms with Crippen molar-refractivity contribution >= 4 is 52.6 Å². The summed E-state index contributed by atoms with van der Waals surface area (Å²) in [6.45, 7) is 2.63. The number of imide groups is 1. The number of β-amino-alcohol motifs (C(OH)–C–C–N with tert-alkyl or cyclic N) is 1. The fourth-order valence-electron chi connectivity index (χ4n) is 4.25. The van der Waals surface area contributed by atoms with Crippen molar-refractivity contribution in [3.63, 3.8) is 0 Å². The summed E-state index contributed by atoms with van der Waals surface area (Å²) in [4.78, 5) is 30.5. The van der Waals surface area contributed by atoms with Gasteiger partial charge < -0.3 is 26.0 Å². The lowest BCUT2D eigenvalue weighted by atomic mass is 10.1. The van der Waals surface area contributed by atoms with Crippen LogP contribution in [-0.4, -0.2) is 68.8 Å². The summed E-state index contributed by atoms with van der Waals surface area (Å²) in [6.07, 6.45) is 5.00. The van der Waals surface area contributed by atoms with Crippen LogP contribution in [-0.2, 0) is 4.79 Å². The molecule has 1 aromatic carbocycles. The minimum Gasteiger partial charge on any atom is -0.395 e. The summed E-state index contributed by atoms with van der Waals surface area (Å²) >= 11 is 6.14. The molecule has 2 aliphatic heterocycles. The molecule has 0 bridgehead atoms. The number of fused-ring (bicyclic) bond motifs is 1. The molecule has 0 spiro atoms. The Bertz CT molecular complexity index is 1300. The number of urea groups is 1. The highest BCUT2D eigenvalue weighted by Crippen LogP contribution is 2.26. The molecule has 11 nitrogen and oxygen atoms in total. The monoisotopic (exact) mass is 496 g/mol. The van der Waals surface area contributed by atoms with Crippen LogP contribution in [0.25, 0.3) is 11.7 Å². The zero-order chi connectivity index (χ0) is 24.4. The number of likely N-dealkylation sites (tertiary alicyclic amines) is 1. The Hall–Kier alpha value is -3.67. The number of anilines is 3. The first-order valence-corrected chi connectivity index (χ1v) is 11.7. The van der Waals surface area contributed by atoms with E-state index in [0.29, 0.717) is 28.6 Å². The second-order valence-electron chi connectivity index (χ2n) is 8.45. The fraction of sp³-hybridized carbons (Fsp3) is 0.304. The van der Waals surface area contributed by atoms with Crippen LogP contribution < -0.4 is 21.3 Å². The number of carbonyl (C=O) groups is 2. The van der Waals surface area contributed by atoms with Gasteiger partial charge in [-0.1, -0.05) is 17.7 Å². The average Bonchev–Trinajstić information content (AvgIpc) is 3.37. The van der Waals surface area contributed by atoms with Crippen molar-refractivity contribution < 1.29 is 14.7 Å². The fourth-order valence-corrected chi connectivity index (χ4v) is 4.44. The Labute approximate surface area is 206 Å². The van der Waals surface area contributed by atoms with Gasteiger partial charge in [-0.2, -0.15) is 9.61 Å². The molecule has 5 rings (SSSR count). The highest BCUT2D eigenvalue weighted by atomic mass is 35.5. The molecule has 0 radical (unpaired) electrons. The first-order valence-electron chi connectivity index (χ1n) is 11.3. The van der Waals surface area contributed by atoms with Crippen molar-refractivity contribution in [2.75, 3.05) is 36.9 Å². The average molecular weight is 497 g/mol. The minimum atomic E-state index is -0.566. The number of aromatic nitrogens is 3. The van der Waals surface area contributed by atoms with E-state index in [1.807, 2.05) is 18.2 Å². The van der Waals surface area contributed by atoms with Crippen LogP contribution in [0.3, 0.4) is 0 Å². The molecule has 2 fully saturated rings. The molecule has 3 amide bonds. The number of benzene rings is 1. The molecule has 35 heavy (non-hydrogen) atoms. The van der Waals surface area contributed by atoms with E-state index in [1.54, 1.807) is 28.9 Å². The Kier molecular flexibility index (Phi) is 6.53. The quantitative estimate of drug-likeness (QED) is 0.248. The van der Waals surface area contributed by atoms with E-state index in [2.05, 4.69) is 31.3 Å². The van der Waals surface area contributed by atoms with Gasteiger partial charge in [0.1, 0.15) is 17.3 Å². The van der Waals surface area contributed by atoms with E-state index >= 15 is 0 Å². The number of nitrogens with one attached hydrogen (secondary N) is 4. The van der Waals surface area contributed by atoms with Crippen molar-refractivity contribution in [2.45, 2.75) is 18.9 Å². The van der Waals surface area contributed by atoms with Crippen LogP contribution in [0.1, 0.15) is 18.4 Å². The van der Waals surface area contributed by atoms with E-state index in [4.69, 9.17) is 16.6 Å². The summed E-state index contributed by atoms with van der Waals surface area (Å²) in [7, 11) is 0. The van der Waals surface area contributed by atoms with Gasteiger partial charge in [0.05, 0.1) is 12.8 Å². The number of amides is 3. The van der Waals surface area contributed by atoms with Gasteiger partial charge in [0.2, 0.25) is 0 Å². The third-order valence-corrected chi connectivity index (χ3v) is 6.21. The lowest BCUT2D eigenvalue weighted by Gasteiger charge is -2.32. The molecule has 182 valence electrons. The zero-order valence-electron chi connectivity index (χ0n) is 18.8. The predicted octanol–water partition coefficient (Wildman–Crippen LogP) is 2.18. The third kappa shape index (κ3) is 5.21. The number of rotatable bonds is 7. The number of aliphatic hydroxyl groups is 1. The summed E-state index contributed by atoms with van der Waals surface area (Å²) in [5, 5.41) is 25.8. The second kappa shape index (κ2) is 9.90. The van der Waals surface area contributed by atoms with Crippen molar-refractivity contribution in [3.8, 4) is 0 Å². The number of nitrogens with zero attached hydrogens (tertiary/aromatic N) is 4. The number of aliphatic hydroxyl groups excluding tert-OH is 1. The number of piperidine rings is 1. The van der Waals surface area contributed by atoms with Crippen molar-refractivity contribution in [3.05, 3.63) is 52.8 Å². The van der Waals surface area contributed by atoms with Gasteiger partial charge in [0, 0.05) is 48.0 Å².